The smallest absolute Gasteiger partial charge is 0.394 e. The Morgan fingerprint density at radius 2 is 1.57 bits per heavy atom. The molecule has 0 aromatic carbocycles. The molecule has 0 fully saturated rings. The van der Waals surface area contributed by atoms with Gasteiger partial charge in [-0.2, -0.15) is 4.98 Å². The van der Waals surface area contributed by atoms with E-state index in [0.29, 0.717) is 0 Å². The van der Waals surface area contributed by atoms with Crippen LogP contribution in [-0.2, 0) is 20.6 Å². The van der Waals surface area contributed by atoms with E-state index in [0.717, 1.165) is 0 Å². The lowest BCUT2D eigenvalue weighted by Gasteiger charge is -2.12. The van der Waals surface area contributed by atoms with E-state index in [1.165, 1.54) is 10.9 Å². The Bertz CT molecular complexity index is 847. The van der Waals surface area contributed by atoms with E-state index in [1.807, 2.05) is 0 Å². The summed E-state index contributed by atoms with van der Waals surface area (Å²) in [7, 11) is -9.28. The van der Waals surface area contributed by atoms with Gasteiger partial charge >= 0.3 is 15.6 Å². The molecule has 0 unspecified atom stereocenters. The summed E-state index contributed by atoms with van der Waals surface area (Å²) < 4.78 is 24.4. The van der Waals surface area contributed by atoms with Crippen molar-refractivity contribution >= 4 is 32.8 Å². The lowest BCUT2D eigenvalue weighted by atomic mass is 10.4. The number of imidazole rings is 1. The number of phosphoric acid groups is 2. The van der Waals surface area contributed by atoms with Crippen molar-refractivity contribution in [1.82, 2.24) is 19.5 Å². The van der Waals surface area contributed by atoms with Crippen molar-refractivity contribution in [3.8, 4) is 0 Å². The Labute approximate surface area is 155 Å². The highest BCUT2D eigenvalue weighted by atomic mass is 31.2. The third kappa shape index (κ3) is 12.6. The van der Waals surface area contributed by atoms with Gasteiger partial charge in [-0.15, -0.1) is 0 Å². The van der Waals surface area contributed by atoms with Crippen molar-refractivity contribution in [2.24, 2.45) is 0 Å². The van der Waals surface area contributed by atoms with E-state index in [9.17, 15) is 4.79 Å². The van der Waals surface area contributed by atoms with E-state index >= 15 is 0 Å². The number of rotatable bonds is 5. The molecule has 0 aliphatic rings. The molecule has 0 atom stereocenters. The molecule has 11 N–H and O–H groups in total. The zero-order valence-corrected chi connectivity index (χ0v) is 15.6. The van der Waals surface area contributed by atoms with Crippen LogP contribution >= 0.6 is 15.6 Å². The number of aliphatic hydroxyl groups is 2. The predicted molar refractivity (Wildman–Crippen MR) is 90.1 cm³/mol. The average molecular weight is 451 g/mol. The van der Waals surface area contributed by atoms with Gasteiger partial charge in [0.1, 0.15) is 12.8 Å². The van der Waals surface area contributed by atoms with Crippen LogP contribution in [0.5, 0.6) is 0 Å². The number of hydrogen-bond acceptors (Lipinski definition) is 9. The van der Waals surface area contributed by atoms with Crippen LogP contribution in [-0.4, -0.2) is 78.4 Å². The Morgan fingerprint density at radius 3 is 2.00 bits per heavy atom. The van der Waals surface area contributed by atoms with E-state index in [-0.39, 0.29) is 37.1 Å². The van der Waals surface area contributed by atoms with Crippen LogP contribution in [0.25, 0.3) is 11.2 Å². The van der Waals surface area contributed by atoms with Crippen molar-refractivity contribution in [3.63, 3.8) is 0 Å². The van der Waals surface area contributed by atoms with E-state index in [1.54, 1.807) is 0 Å². The van der Waals surface area contributed by atoms with Gasteiger partial charge in [-0.25, -0.2) is 14.1 Å². The summed E-state index contributed by atoms with van der Waals surface area (Å²) in [5.74, 6) is -0.0184. The first-order chi connectivity index (χ1) is 12.7. The molecule has 0 spiro atoms. The molecule has 0 saturated heterocycles. The van der Waals surface area contributed by atoms with Gasteiger partial charge in [0.05, 0.1) is 19.5 Å². The van der Waals surface area contributed by atoms with Gasteiger partial charge in [-0.1, -0.05) is 0 Å². The van der Waals surface area contributed by atoms with Crippen LogP contribution < -0.4 is 11.3 Å². The van der Waals surface area contributed by atoms with Crippen LogP contribution in [0.4, 0.5) is 5.95 Å². The minimum atomic E-state index is -4.64. The first kappa shape index (κ1) is 26.2. The Morgan fingerprint density at radius 1 is 1.11 bits per heavy atom. The van der Waals surface area contributed by atoms with Gasteiger partial charge in [0, 0.05) is 0 Å². The molecule has 0 aliphatic carbocycles. The maximum Gasteiger partial charge on any atom is 0.466 e. The van der Waals surface area contributed by atoms with E-state index < -0.39 is 27.3 Å². The Hall–Kier alpha value is -1.75. The summed E-state index contributed by atoms with van der Waals surface area (Å²) >= 11 is 0. The molecule has 19 heteroatoms. The molecular formula is C9H19N5O12P2. The Kier molecular flexibility index (Phi) is 10.6. The van der Waals surface area contributed by atoms with Crippen LogP contribution in [0, 0.1) is 0 Å². The fourth-order valence-corrected chi connectivity index (χ4v) is 1.41. The fourth-order valence-electron chi connectivity index (χ4n) is 1.41. The number of H-pyrrole nitrogens is 1. The van der Waals surface area contributed by atoms with E-state index in [2.05, 4.69) is 15.0 Å². The summed E-state index contributed by atoms with van der Waals surface area (Å²) in [4.78, 5) is 64.8. The van der Waals surface area contributed by atoms with Gasteiger partial charge in [0.15, 0.2) is 11.2 Å². The number of nitrogens with one attached hydrogen (secondary N) is 1. The quantitative estimate of drug-likeness (QED) is 0.195. The second-order valence-electron chi connectivity index (χ2n) is 4.65. The van der Waals surface area contributed by atoms with Crippen LogP contribution in [0.1, 0.15) is 0 Å². The second-order valence-corrected chi connectivity index (χ2v) is 6.70. The standard InChI is InChI=1S/C9H13N5O4.2H3O4P/c10-9-12-7-6(8(17)13-9)11-3-14(7)4-18-5(1-15)2-16;2*1-5(2,3)4/h3,5,15-16H,1-2,4H2,(H3,10,12,13,17);2*(H3,1,2,3,4). The lowest BCUT2D eigenvalue weighted by Crippen LogP contribution is -2.23. The van der Waals surface area contributed by atoms with Gasteiger partial charge in [0.25, 0.3) is 5.56 Å². The van der Waals surface area contributed by atoms with E-state index in [4.69, 9.17) is 59.2 Å². The minimum Gasteiger partial charge on any atom is -0.394 e. The molecule has 17 nitrogen and oxygen atoms in total. The lowest BCUT2D eigenvalue weighted by molar-refractivity contribution is -0.0488. The van der Waals surface area contributed by atoms with Crippen molar-refractivity contribution in [1.29, 1.82) is 0 Å². The monoisotopic (exact) mass is 451 g/mol. The predicted octanol–water partition coefficient (Wildman–Crippen LogP) is -3.83. The number of nitrogens with two attached hydrogens (primary N) is 1. The highest BCUT2D eigenvalue weighted by molar-refractivity contribution is 7.45. The number of aromatic amines is 1. The maximum absolute atomic E-state index is 11.5. The molecular weight excluding hydrogens is 432 g/mol. The van der Waals surface area contributed by atoms with Gasteiger partial charge in [-0.3, -0.25) is 14.3 Å². The number of nitrogens with zero attached hydrogens (tertiary/aromatic N) is 3. The number of ether oxygens (including phenoxy) is 1. The number of fused-ring (bicyclic) bond motifs is 1. The minimum absolute atomic E-state index is 0.00181. The van der Waals surface area contributed by atoms with Gasteiger partial charge < -0.3 is 50.0 Å². The number of aliphatic hydroxyl groups excluding tert-OH is 2. The molecule has 0 amide bonds. The maximum atomic E-state index is 11.5. The summed E-state index contributed by atoms with van der Waals surface area (Å²) in [6.07, 6.45) is 0.680. The largest absolute Gasteiger partial charge is 0.466 e. The summed E-state index contributed by atoms with van der Waals surface area (Å²) in [6.45, 7) is -0.614. The molecule has 2 rings (SSSR count). The van der Waals surface area contributed by atoms with Crippen LogP contribution in [0.15, 0.2) is 11.1 Å². The molecule has 0 radical (unpaired) electrons. The van der Waals surface area contributed by atoms with Crippen LogP contribution in [0.3, 0.4) is 0 Å². The van der Waals surface area contributed by atoms with Crippen molar-refractivity contribution in [2.75, 3.05) is 18.9 Å². The van der Waals surface area contributed by atoms with Gasteiger partial charge in [-0.05, 0) is 0 Å². The summed E-state index contributed by atoms with van der Waals surface area (Å²) in [6, 6.07) is 0. The molecule has 162 valence electrons. The fraction of sp³-hybridized carbons (Fsp3) is 0.444. The molecule has 2 heterocycles. The number of hydrogen-bond donors (Lipinski definition) is 10. The molecule has 2 aromatic rings. The summed E-state index contributed by atoms with van der Waals surface area (Å²) in [5.41, 5.74) is 5.43. The molecule has 2 aromatic heterocycles. The van der Waals surface area contributed by atoms with Crippen molar-refractivity contribution in [2.45, 2.75) is 12.8 Å². The number of aromatic nitrogens is 4. The first-order valence-corrected chi connectivity index (χ1v) is 9.89. The summed E-state index contributed by atoms with van der Waals surface area (Å²) in [5, 5.41) is 17.7. The SMILES string of the molecule is Nc1nc2c(ncn2COC(CO)CO)c(=O)[nH]1.O=P(O)(O)O.O=P(O)(O)O. The molecule has 0 aliphatic heterocycles. The normalized spacial score (nSPS) is 11.6. The zero-order chi connectivity index (χ0) is 22.1. The first-order valence-electron chi connectivity index (χ1n) is 6.76. The topological polar surface area (TPSA) is 295 Å². The highest BCUT2D eigenvalue weighted by Gasteiger charge is 2.11. The second kappa shape index (κ2) is 11.3. The number of nitrogen functional groups attached to an aromatic ring is 1. The van der Waals surface area contributed by atoms with Crippen molar-refractivity contribution < 1.29 is 53.4 Å². The molecule has 0 bridgehead atoms. The van der Waals surface area contributed by atoms with Crippen molar-refractivity contribution in [3.05, 3.63) is 16.7 Å². The molecule has 28 heavy (non-hydrogen) atoms. The average Bonchev–Trinajstić information content (AvgIpc) is 2.88. The highest BCUT2D eigenvalue weighted by Crippen LogP contribution is 2.26. The number of anilines is 1. The van der Waals surface area contributed by atoms with Crippen LogP contribution in [0.2, 0.25) is 0 Å². The third-order valence-corrected chi connectivity index (χ3v) is 2.35. The Balaban J connectivity index is 0.000000607. The third-order valence-electron chi connectivity index (χ3n) is 2.35. The zero-order valence-electron chi connectivity index (χ0n) is 13.8. The molecule has 0 saturated carbocycles. The van der Waals surface area contributed by atoms with Gasteiger partial charge in [0.2, 0.25) is 5.95 Å².